The first-order valence-electron chi connectivity index (χ1n) is 5.04. The number of thiol groups is 1. The van der Waals surface area contributed by atoms with E-state index in [1.165, 1.54) is 17.6 Å². The van der Waals surface area contributed by atoms with E-state index in [4.69, 9.17) is 5.21 Å². The Morgan fingerprint density at radius 1 is 1.39 bits per heavy atom. The summed E-state index contributed by atoms with van der Waals surface area (Å²) in [5.41, 5.74) is 2.31. The lowest BCUT2D eigenvalue weighted by molar-refractivity contribution is -0.130. The number of nitrogens with one attached hydrogen (secondary N) is 2. The Balaban J connectivity index is 2.94. The molecular formula is C10H14N2O4S2. The largest absolute Gasteiger partial charge is 0.289 e. The van der Waals surface area contributed by atoms with Gasteiger partial charge < -0.3 is 0 Å². The molecule has 0 saturated carbocycles. The third kappa shape index (κ3) is 3.70. The summed E-state index contributed by atoms with van der Waals surface area (Å²) in [4.78, 5) is 11.2. The third-order valence-corrected chi connectivity index (χ3v) is 4.09. The van der Waals surface area contributed by atoms with E-state index in [1.807, 2.05) is 6.92 Å². The van der Waals surface area contributed by atoms with E-state index in [2.05, 4.69) is 17.4 Å². The van der Waals surface area contributed by atoms with E-state index in [-0.39, 0.29) is 10.6 Å². The van der Waals surface area contributed by atoms with Crippen molar-refractivity contribution >= 4 is 28.6 Å². The third-order valence-electron chi connectivity index (χ3n) is 2.24. The fourth-order valence-electron chi connectivity index (χ4n) is 1.22. The molecule has 1 atom stereocenters. The minimum absolute atomic E-state index is 0.0469. The first kappa shape index (κ1) is 15.0. The van der Waals surface area contributed by atoms with Crippen LogP contribution in [0.2, 0.25) is 0 Å². The van der Waals surface area contributed by atoms with Crippen LogP contribution in [-0.2, 0) is 14.8 Å². The molecule has 1 aromatic rings. The summed E-state index contributed by atoms with van der Waals surface area (Å²) in [5.74, 6) is -0.932. The van der Waals surface area contributed by atoms with Gasteiger partial charge in [0, 0.05) is 5.75 Å². The molecule has 0 saturated heterocycles. The van der Waals surface area contributed by atoms with E-state index in [0.717, 1.165) is 5.56 Å². The van der Waals surface area contributed by atoms with Gasteiger partial charge in [-0.05, 0) is 19.1 Å². The van der Waals surface area contributed by atoms with Gasteiger partial charge in [0.05, 0.1) is 4.90 Å². The summed E-state index contributed by atoms with van der Waals surface area (Å²) in [7, 11) is -3.81. The molecular weight excluding hydrogens is 276 g/mol. The Kier molecular flexibility index (Phi) is 5.15. The smallest absolute Gasteiger partial charge is 0.262 e. The van der Waals surface area contributed by atoms with Crippen LogP contribution in [0, 0.1) is 6.92 Å². The van der Waals surface area contributed by atoms with Gasteiger partial charge in [0.1, 0.15) is 6.04 Å². The zero-order valence-corrected chi connectivity index (χ0v) is 11.3. The first-order valence-corrected chi connectivity index (χ1v) is 7.16. The fourth-order valence-corrected chi connectivity index (χ4v) is 2.80. The summed E-state index contributed by atoms with van der Waals surface area (Å²) in [6.45, 7) is 1.83. The predicted octanol–water partition coefficient (Wildman–Crippen LogP) is 0.0771. The van der Waals surface area contributed by atoms with Crippen molar-refractivity contribution in [3.63, 3.8) is 0 Å². The Morgan fingerprint density at radius 2 is 1.94 bits per heavy atom. The average Bonchev–Trinajstić information content (AvgIpc) is 2.35. The molecule has 1 aromatic carbocycles. The molecule has 18 heavy (non-hydrogen) atoms. The normalized spacial score (nSPS) is 13.1. The molecule has 0 aromatic heterocycles. The number of carbonyl (C=O) groups is 1. The van der Waals surface area contributed by atoms with Gasteiger partial charge in [0.15, 0.2) is 0 Å². The van der Waals surface area contributed by atoms with Crippen molar-refractivity contribution in [3.8, 4) is 0 Å². The van der Waals surface area contributed by atoms with E-state index >= 15 is 0 Å². The lowest BCUT2D eigenvalue weighted by Crippen LogP contribution is -2.46. The summed E-state index contributed by atoms with van der Waals surface area (Å²) >= 11 is 3.85. The number of aryl methyl sites for hydroxylation is 1. The molecule has 3 N–H and O–H groups in total. The van der Waals surface area contributed by atoms with E-state index in [1.54, 1.807) is 12.1 Å². The highest BCUT2D eigenvalue weighted by Gasteiger charge is 2.24. The minimum atomic E-state index is -3.81. The predicted molar refractivity (Wildman–Crippen MR) is 69.1 cm³/mol. The van der Waals surface area contributed by atoms with Crippen LogP contribution in [0.25, 0.3) is 0 Å². The van der Waals surface area contributed by atoms with Crippen LogP contribution in [0.3, 0.4) is 0 Å². The van der Waals surface area contributed by atoms with Crippen LogP contribution in [-0.4, -0.2) is 31.3 Å². The second-order valence-electron chi connectivity index (χ2n) is 3.65. The van der Waals surface area contributed by atoms with Gasteiger partial charge in [0.25, 0.3) is 5.91 Å². The highest BCUT2D eigenvalue weighted by molar-refractivity contribution is 7.89. The monoisotopic (exact) mass is 290 g/mol. The Hall–Kier alpha value is -1.09. The minimum Gasteiger partial charge on any atom is -0.289 e. The van der Waals surface area contributed by atoms with E-state index in [9.17, 15) is 13.2 Å². The molecule has 0 radical (unpaired) electrons. The van der Waals surface area contributed by atoms with Crippen molar-refractivity contribution in [1.82, 2.24) is 10.2 Å². The maximum Gasteiger partial charge on any atom is 0.262 e. The topological polar surface area (TPSA) is 95.5 Å². The summed E-state index contributed by atoms with van der Waals surface area (Å²) in [5, 5.41) is 8.47. The van der Waals surface area contributed by atoms with Crippen LogP contribution >= 0.6 is 12.6 Å². The van der Waals surface area contributed by atoms with Crippen LogP contribution in [0.5, 0.6) is 0 Å². The Bertz CT molecular complexity index is 513. The zero-order valence-electron chi connectivity index (χ0n) is 9.62. The molecule has 0 fully saturated rings. The van der Waals surface area contributed by atoms with Crippen LogP contribution in [0.4, 0.5) is 0 Å². The number of carbonyl (C=O) groups excluding carboxylic acids is 1. The van der Waals surface area contributed by atoms with Gasteiger partial charge in [-0.2, -0.15) is 17.4 Å². The molecule has 0 bridgehead atoms. The summed E-state index contributed by atoms with van der Waals surface area (Å²) in [6.07, 6.45) is 0. The second kappa shape index (κ2) is 6.19. The number of sulfonamides is 1. The number of amides is 1. The fraction of sp³-hybridized carbons (Fsp3) is 0.300. The molecule has 0 spiro atoms. The second-order valence-corrected chi connectivity index (χ2v) is 5.72. The molecule has 1 rings (SSSR count). The molecule has 8 heteroatoms. The van der Waals surface area contributed by atoms with Crippen molar-refractivity contribution in [2.45, 2.75) is 17.9 Å². The lowest BCUT2D eigenvalue weighted by Gasteiger charge is -2.14. The number of hydrogen-bond donors (Lipinski definition) is 4. The molecule has 100 valence electrons. The van der Waals surface area contributed by atoms with Crippen LogP contribution in [0.1, 0.15) is 5.56 Å². The number of rotatable bonds is 5. The molecule has 6 nitrogen and oxygen atoms in total. The van der Waals surface area contributed by atoms with E-state index in [0.29, 0.717) is 0 Å². The zero-order chi connectivity index (χ0) is 13.8. The number of benzene rings is 1. The van der Waals surface area contributed by atoms with Crippen LogP contribution < -0.4 is 10.2 Å². The van der Waals surface area contributed by atoms with Crippen LogP contribution in [0.15, 0.2) is 29.2 Å². The summed E-state index contributed by atoms with van der Waals surface area (Å²) in [6, 6.07) is 5.03. The van der Waals surface area contributed by atoms with E-state index < -0.39 is 22.0 Å². The maximum atomic E-state index is 11.9. The van der Waals surface area contributed by atoms with Gasteiger partial charge in [-0.15, -0.1) is 0 Å². The van der Waals surface area contributed by atoms with Gasteiger partial charge >= 0.3 is 0 Å². The standard InChI is InChI=1S/C10H14N2O4S2/c1-7-2-4-8(5-3-7)18(15,16)12-9(6-17)10(13)11-14/h2-5,9,12,14,17H,6H2,1H3,(H,11,13)/t9-/m0/s1. The molecule has 1 amide bonds. The van der Waals surface area contributed by atoms with Crippen molar-refractivity contribution < 1.29 is 18.4 Å². The van der Waals surface area contributed by atoms with Crippen molar-refractivity contribution in [2.75, 3.05) is 5.75 Å². The highest BCUT2D eigenvalue weighted by Crippen LogP contribution is 2.10. The average molecular weight is 290 g/mol. The van der Waals surface area contributed by atoms with Gasteiger partial charge in [-0.25, -0.2) is 13.9 Å². The number of hydrogen-bond acceptors (Lipinski definition) is 5. The van der Waals surface area contributed by atoms with Crippen molar-refractivity contribution in [3.05, 3.63) is 29.8 Å². The molecule has 0 aliphatic rings. The quantitative estimate of drug-likeness (QED) is 0.351. The molecule has 0 heterocycles. The Labute approximate surface area is 111 Å². The lowest BCUT2D eigenvalue weighted by atomic mass is 10.2. The summed E-state index contributed by atoms with van der Waals surface area (Å²) < 4.78 is 26.0. The van der Waals surface area contributed by atoms with Gasteiger partial charge in [-0.3, -0.25) is 10.0 Å². The highest BCUT2D eigenvalue weighted by atomic mass is 32.2. The Morgan fingerprint density at radius 3 is 2.39 bits per heavy atom. The first-order chi connectivity index (χ1) is 8.40. The molecule has 0 unspecified atom stereocenters. The SMILES string of the molecule is Cc1ccc(S(=O)(=O)N[C@@H](CS)C(=O)NO)cc1. The van der Waals surface area contributed by atoms with Gasteiger partial charge in [0.2, 0.25) is 10.0 Å². The maximum absolute atomic E-state index is 11.9. The molecule has 0 aliphatic carbocycles. The van der Waals surface area contributed by atoms with Gasteiger partial charge in [-0.1, -0.05) is 17.7 Å². The van der Waals surface area contributed by atoms with Crippen molar-refractivity contribution in [2.24, 2.45) is 0 Å². The number of hydroxylamine groups is 1. The molecule has 0 aliphatic heterocycles. The van der Waals surface area contributed by atoms with Crippen molar-refractivity contribution in [1.29, 1.82) is 0 Å².